The van der Waals surface area contributed by atoms with Crippen molar-refractivity contribution in [3.8, 4) is 17.3 Å². The Balaban J connectivity index is 1.58. The molecule has 3 aromatic rings. The van der Waals surface area contributed by atoms with Gasteiger partial charge in [-0.15, -0.1) is 0 Å². The van der Waals surface area contributed by atoms with Crippen molar-refractivity contribution in [3.63, 3.8) is 0 Å². The van der Waals surface area contributed by atoms with Crippen molar-refractivity contribution in [2.24, 2.45) is 0 Å². The second kappa shape index (κ2) is 7.50. The first-order chi connectivity index (χ1) is 11.8. The molecule has 1 N–H and O–H groups in total. The van der Waals surface area contributed by atoms with Crippen LogP contribution in [0.4, 0.5) is 0 Å². The number of hydrogen-bond acceptors (Lipinski definition) is 5. The zero-order valence-electron chi connectivity index (χ0n) is 13.4. The van der Waals surface area contributed by atoms with Gasteiger partial charge in [0, 0.05) is 6.20 Å². The van der Waals surface area contributed by atoms with Crippen molar-refractivity contribution >= 4 is 5.78 Å². The number of aryl methyl sites for hydroxylation is 1. The zero-order chi connectivity index (χ0) is 16.8. The molecule has 0 amide bonds. The summed E-state index contributed by atoms with van der Waals surface area (Å²) in [5.41, 5.74) is 1.75. The van der Waals surface area contributed by atoms with E-state index in [0.717, 1.165) is 17.7 Å². The summed E-state index contributed by atoms with van der Waals surface area (Å²) >= 11 is 0. The highest BCUT2D eigenvalue weighted by molar-refractivity contribution is 5.81. The van der Waals surface area contributed by atoms with E-state index in [1.165, 1.54) is 0 Å². The molecule has 2 aromatic heterocycles. The topological polar surface area (TPSA) is 80.8 Å². The third-order valence-corrected chi connectivity index (χ3v) is 3.53. The van der Waals surface area contributed by atoms with E-state index in [-0.39, 0.29) is 18.8 Å². The maximum Gasteiger partial charge on any atom is 0.199 e. The van der Waals surface area contributed by atoms with Gasteiger partial charge in [0.05, 0.1) is 6.42 Å². The molecule has 0 atom stereocenters. The van der Waals surface area contributed by atoms with Crippen LogP contribution in [0.3, 0.4) is 0 Å². The molecule has 1 aromatic carbocycles. The Morgan fingerprint density at radius 2 is 2.00 bits per heavy atom. The maximum atomic E-state index is 12.1. The number of Topliss-reactive ketones (excluding diaryl/α,β-unsaturated/α-hetero) is 1. The summed E-state index contributed by atoms with van der Waals surface area (Å²) in [6.45, 7) is 2.06. The van der Waals surface area contributed by atoms with Gasteiger partial charge in [-0.3, -0.25) is 14.9 Å². The number of para-hydroxylation sites is 1. The minimum absolute atomic E-state index is 0.0105. The lowest BCUT2D eigenvalue weighted by Gasteiger charge is -2.08. The van der Waals surface area contributed by atoms with Gasteiger partial charge in [-0.25, -0.2) is 4.98 Å². The van der Waals surface area contributed by atoms with Crippen LogP contribution in [0.5, 0.6) is 5.75 Å². The van der Waals surface area contributed by atoms with E-state index >= 15 is 0 Å². The number of nitrogens with one attached hydrogen (secondary N) is 1. The van der Waals surface area contributed by atoms with Gasteiger partial charge in [-0.05, 0) is 30.2 Å². The molecule has 0 aliphatic heterocycles. The fourth-order valence-corrected chi connectivity index (χ4v) is 2.32. The quantitative estimate of drug-likeness (QED) is 0.723. The number of rotatable bonds is 7. The van der Waals surface area contributed by atoms with Gasteiger partial charge in [0.2, 0.25) is 0 Å². The molecular formula is C18H18N4O2. The molecule has 122 valence electrons. The average Bonchev–Trinajstić information content (AvgIpc) is 3.09. The molecule has 3 rings (SSSR count). The molecule has 0 aliphatic carbocycles. The number of benzene rings is 1. The van der Waals surface area contributed by atoms with Crippen LogP contribution in [0.1, 0.15) is 18.3 Å². The van der Waals surface area contributed by atoms with Crippen LogP contribution in [0, 0.1) is 0 Å². The normalized spacial score (nSPS) is 10.5. The average molecular weight is 322 g/mol. The molecule has 0 unspecified atom stereocenters. The van der Waals surface area contributed by atoms with Crippen molar-refractivity contribution in [1.82, 2.24) is 20.2 Å². The number of hydrogen-bond donors (Lipinski definition) is 1. The Kier molecular flexibility index (Phi) is 4.96. The van der Waals surface area contributed by atoms with E-state index in [1.54, 1.807) is 6.20 Å². The van der Waals surface area contributed by atoms with Gasteiger partial charge in [-0.2, -0.15) is 5.10 Å². The number of aromatic nitrogens is 4. The first-order valence-corrected chi connectivity index (χ1v) is 7.81. The van der Waals surface area contributed by atoms with Crippen LogP contribution in [0.15, 0.2) is 48.7 Å². The molecule has 0 aliphatic rings. The Morgan fingerprint density at radius 3 is 2.79 bits per heavy atom. The summed E-state index contributed by atoms with van der Waals surface area (Å²) in [5.74, 6) is 1.67. The number of ketones is 1. The van der Waals surface area contributed by atoms with Gasteiger partial charge in [0.1, 0.15) is 23.9 Å². The van der Waals surface area contributed by atoms with E-state index in [1.807, 2.05) is 42.5 Å². The third-order valence-electron chi connectivity index (χ3n) is 3.53. The Bertz CT molecular complexity index is 815. The van der Waals surface area contributed by atoms with Crippen molar-refractivity contribution < 1.29 is 9.53 Å². The number of ether oxygens (including phenoxy) is 1. The Morgan fingerprint density at radius 1 is 1.17 bits per heavy atom. The summed E-state index contributed by atoms with van der Waals surface area (Å²) in [4.78, 5) is 20.6. The summed E-state index contributed by atoms with van der Waals surface area (Å²) in [5, 5.41) is 6.87. The first-order valence-electron chi connectivity index (χ1n) is 7.81. The van der Waals surface area contributed by atoms with Gasteiger partial charge in [0.25, 0.3) is 0 Å². The third kappa shape index (κ3) is 3.84. The van der Waals surface area contributed by atoms with Crippen LogP contribution in [0.2, 0.25) is 0 Å². The van der Waals surface area contributed by atoms with Crippen LogP contribution in [0.25, 0.3) is 11.5 Å². The molecular weight excluding hydrogens is 304 g/mol. The van der Waals surface area contributed by atoms with E-state index in [9.17, 15) is 4.79 Å². The monoisotopic (exact) mass is 322 g/mol. The lowest BCUT2D eigenvalue weighted by Crippen LogP contribution is -2.15. The van der Waals surface area contributed by atoms with Crippen molar-refractivity contribution in [1.29, 1.82) is 0 Å². The molecule has 0 saturated carbocycles. The molecule has 0 spiro atoms. The number of pyridine rings is 1. The van der Waals surface area contributed by atoms with Gasteiger partial charge in [-0.1, -0.05) is 31.2 Å². The number of carbonyl (C=O) groups is 1. The second-order valence-corrected chi connectivity index (χ2v) is 5.29. The highest BCUT2D eigenvalue weighted by Crippen LogP contribution is 2.18. The summed E-state index contributed by atoms with van der Waals surface area (Å²) in [6, 6.07) is 13.2. The van der Waals surface area contributed by atoms with E-state index in [4.69, 9.17) is 4.74 Å². The summed E-state index contributed by atoms with van der Waals surface area (Å²) < 4.78 is 5.63. The molecule has 0 fully saturated rings. The highest BCUT2D eigenvalue weighted by atomic mass is 16.5. The van der Waals surface area contributed by atoms with Crippen LogP contribution in [-0.4, -0.2) is 32.6 Å². The molecule has 24 heavy (non-hydrogen) atoms. The molecule has 6 heteroatoms. The van der Waals surface area contributed by atoms with Crippen LogP contribution < -0.4 is 4.74 Å². The van der Waals surface area contributed by atoms with E-state index in [2.05, 4.69) is 27.1 Å². The molecule has 0 radical (unpaired) electrons. The van der Waals surface area contributed by atoms with Crippen molar-refractivity contribution in [3.05, 3.63) is 60.0 Å². The van der Waals surface area contributed by atoms with Crippen molar-refractivity contribution in [2.75, 3.05) is 6.61 Å². The minimum Gasteiger partial charge on any atom is -0.486 e. The Labute approximate surface area is 139 Å². The summed E-state index contributed by atoms with van der Waals surface area (Å²) in [7, 11) is 0. The number of H-pyrrole nitrogens is 1. The largest absolute Gasteiger partial charge is 0.486 e. The fourth-order valence-electron chi connectivity index (χ4n) is 2.32. The van der Waals surface area contributed by atoms with E-state index < -0.39 is 0 Å². The van der Waals surface area contributed by atoms with Crippen LogP contribution >= 0.6 is 0 Å². The molecule has 6 nitrogen and oxygen atoms in total. The maximum absolute atomic E-state index is 12.1. The fraction of sp³-hybridized carbons (Fsp3) is 0.222. The highest BCUT2D eigenvalue weighted by Gasteiger charge is 2.12. The lowest BCUT2D eigenvalue weighted by molar-refractivity contribution is -0.120. The van der Waals surface area contributed by atoms with Crippen LogP contribution in [-0.2, 0) is 17.6 Å². The van der Waals surface area contributed by atoms with Gasteiger partial charge >= 0.3 is 0 Å². The van der Waals surface area contributed by atoms with E-state index in [0.29, 0.717) is 17.3 Å². The predicted molar refractivity (Wildman–Crippen MR) is 89.6 cm³/mol. The standard InChI is InChI=1S/C18H18N4O2/c1-2-13-7-3-4-9-16(13)24-12-14(23)11-17-20-18(22-21-17)15-8-5-6-10-19-15/h3-10H,2,11-12H2,1H3,(H,20,21,22). The first kappa shape index (κ1) is 15.9. The zero-order valence-corrected chi connectivity index (χ0v) is 13.4. The predicted octanol–water partition coefficient (Wildman–Crippen LogP) is 2.62. The number of aromatic amines is 1. The SMILES string of the molecule is CCc1ccccc1OCC(=O)Cc1nc(-c2ccccn2)n[nH]1. The second-order valence-electron chi connectivity index (χ2n) is 5.29. The number of carbonyl (C=O) groups excluding carboxylic acids is 1. The molecule has 0 saturated heterocycles. The smallest absolute Gasteiger partial charge is 0.199 e. The number of nitrogens with zero attached hydrogens (tertiary/aromatic N) is 3. The van der Waals surface area contributed by atoms with Gasteiger partial charge < -0.3 is 4.74 Å². The lowest BCUT2D eigenvalue weighted by atomic mass is 10.1. The van der Waals surface area contributed by atoms with Gasteiger partial charge in [0.15, 0.2) is 11.6 Å². The molecule has 0 bridgehead atoms. The molecule has 2 heterocycles. The summed E-state index contributed by atoms with van der Waals surface area (Å²) in [6.07, 6.45) is 2.68. The minimum atomic E-state index is -0.0652. The Hall–Kier alpha value is -3.02. The van der Waals surface area contributed by atoms with Crippen molar-refractivity contribution in [2.45, 2.75) is 19.8 Å².